The van der Waals surface area contributed by atoms with Gasteiger partial charge in [-0.15, -0.1) is 0 Å². The third kappa shape index (κ3) is 2.58. The van der Waals surface area contributed by atoms with Crippen molar-refractivity contribution in [2.24, 2.45) is 0 Å². The van der Waals surface area contributed by atoms with Gasteiger partial charge >= 0.3 is 23.1 Å². The molecule has 0 aromatic heterocycles. The van der Waals surface area contributed by atoms with Crippen LogP contribution in [0.2, 0.25) is 0 Å². The highest BCUT2D eigenvalue weighted by molar-refractivity contribution is 5.75. The molecule has 0 amide bonds. The number of benzene rings is 1. The van der Waals surface area contributed by atoms with E-state index in [1.165, 1.54) is 5.56 Å². The summed E-state index contributed by atoms with van der Waals surface area (Å²) in [5.74, 6) is 0.926. The molecular formula is C8H12MgO. The normalized spacial score (nSPS) is 8.20. The van der Waals surface area contributed by atoms with Crippen molar-refractivity contribution >= 4 is 23.1 Å². The molecule has 0 aliphatic rings. The van der Waals surface area contributed by atoms with E-state index in [1.807, 2.05) is 31.2 Å². The van der Waals surface area contributed by atoms with Gasteiger partial charge in [0.2, 0.25) is 0 Å². The van der Waals surface area contributed by atoms with Gasteiger partial charge in [-0.05, 0) is 24.6 Å². The van der Waals surface area contributed by atoms with Crippen molar-refractivity contribution in [2.45, 2.75) is 6.92 Å². The Balaban J connectivity index is 0.000000810. The molecule has 0 atom stereocenters. The summed E-state index contributed by atoms with van der Waals surface area (Å²) >= 11 is 0. The van der Waals surface area contributed by atoms with Crippen molar-refractivity contribution in [3.05, 3.63) is 29.8 Å². The van der Waals surface area contributed by atoms with Gasteiger partial charge in [0.15, 0.2) is 0 Å². The quantitative estimate of drug-likeness (QED) is 0.542. The third-order valence-electron chi connectivity index (χ3n) is 1.23. The minimum atomic E-state index is 0. The van der Waals surface area contributed by atoms with Crippen molar-refractivity contribution in [1.29, 1.82) is 0 Å². The Hall–Kier alpha value is -0.214. The van der Waals surface area contributed by atoms with Crippen molar-refractivity contribution in [3.63, 3.8) is 0 Å². The van der Waals surface area contributed by atoms with Crippen LogP contribution in [0.1, 0.15) is 5.56 Å². The van der Waals surface area contributed by atoms with Gasteiger partial charge in [0.1, 0.15) is 5.75 Å². The molecule has 1 rings (SSSR count). The fourth-order valence-electron chi connectivity index (χ4n) is 0.742. The molecule has 0 unspecified atom stereocenters. The third-order valence-corrected chi connectivity index (χ3v) is 1.23. The molecule has 0 saturated carbocycles. The predicted molar refractivity (Wildman–Crippen MR) is 46.3 cm³/mol. The lowest BCUT2D eigenvalue weighted by Gasteiger charge is -1.97. The highest BCUT2D eigenvalue weighted by Crippen LogP contribution is 2.10. The molecule has 0 spiro atoms. The van der Waals surface area contributed by atoms with E-state index in [0.29, 0.717) is 0 Å². The summed E-state index contributed by atoms with van der Waals surface area (Å²) in [6.45, 7) is 2.04. The molecule has 0 fully saturated rings. The fraction of sp³-hybridized carbons (Fsp3) is 0.250. The molecule has 0 N–H and O–H groups in total. The number of hydrogen-bond acceptors (Lipinski definition) is 1. The summed E-state index contributed by atoms with van der Waals surface area (Å²) < 4.78 is 5.00. The second-order valence-corrected chi connectivity index (χ2v) is 2.02. The second-order valence-electron chi connectivity index (χ2n) is 2.02. The van der Waals surface area contributed by atoms with E-state index in [9.17, 15) is 0 Å². The van der Waals surface area contributed by atoms with Gasteiger partial charge in [-0.25, -0.2) is 0 Å². The highest BCUT2D eigenvalue weighted by atomic mass is 24.3. The first kappa shape index (κ1) is 9.79. The summed E-state index contributed by atoms with van der Waals surface area (Å²) in [6.07, 6.45) is 0. The fourth-order valence-corrected chi connectivity index (χ4v) is 0.742. The van der Waals surface area contributed by atoms with Crippen LogP contribution in [0, 0.1) is 6.92 Å². The monoisotopic (exact) mass is 148 g/mol. The zero-order valence-electron chi connectivity index (χ0n) is 5.72. The van der Waals surface area contributed by atoms with Gasteiger partial charge < -0.3 is 4.74 Å². The van der Waals surface area contributed by atoms with Crippen molar-refractivity contribution in [1.82, 2.24) is 0 Å². The first-order valence-electron chi connectivity index (χ1n) is 2.93. The summed E-state index contributed by atoms with van der Waals surface area (Å²) in [7, 11) is 1.68. The lowest BCUT2D eigenvalue weighted by molar-refractivity contribution is 0.414. The van der Waals surface area contributed by atoms with Crippen LogP contribution in [0.5, 0.6) is 5.75 Å². The van der Waals surface area contributed by atoms with Gasteiger partial charge in [-0.2, -0.15) is 0 Å². The minimum absolute atomic E-state index is 0. The maximum Gasteiger partial charge on any atom is 0.316 e. The maximum atomic E-state index is 5.00. The van der Waals surface area contributed by atoms with E-state index in [-0.39, 0.29) is 23.1 Å². The first-order chi connectivity index (χ1) is 4.33. The average Bonchev–Trinajstić information content (AvgIpc) is 1.88. The zero-order chi connectivity index (χ0) is 6.69. The largest absolute Gasteiger partial charge is 0.497 e. The van der Waals surface area contributed by atoms with Gasteiger partial charge in [-0.3, -0.25) is 0 Å². The average molecular weight is 148 g/mol. The van der Waals surface area contributed by atoms with E-state index in [1.54, 1.807) is 7.11 Å². The molecule has 0 aliphatic heterocycles. The summed E-state index contributed by atoms with van der Waals surface area (Å²) in [6, 6.07) is 7.96. The molecule has 0 heterocycles. The smallest absolute Gasteiger partial charge is 0.316 e. The van der Waals surface area contributed by atoms with Gasteiger partial charge in [0.05, 0.1) is 7.11 Å². The first-order valence-corrected chi connectivity index (χ1v) is 2.93. The van der Waals surface area contributed by atoms with E-state index >= 15 is 0 Å². The Morgan fingerprint density at radius 1 is 1.30 bits per heavy atom. The number of rotatable bonds is 1. The van der Waals surface area contributed by atoms with Crippen molar-refractivity contribution in [3.8, 4) is 5.75 Å². The van der Waals surface area contributed by atoms with Crippen LogP contribution in [0.4, 0.5) is 0 Å². The topological polar surface area (TPSA) is 9.23 Å². The molecule has 0 saturated heterocycles. The molecule has 52 valence electrons. The van der Waals surface area contributed by atoms with Crippen molar-refractivity contribution in [2.75, 3.05) is 7.11 Å². The summed E-state index contributed by atoms with van der Waals surface area (Å²) in [5.41, 5.74) is 1.23. The van der Waals surface area contributed by atoms with Crippen LogP contribution in [0.3, 0.4) is 0 Å². The zero-order valence-corrected chi connectivity index (χ0v) is 5.72. The van der Waals surface area contributed by atoms with Gasteiger partial charge in [-0.1, -0.05) is 12.1 Å². The molecule has 1 nitrogen and oxygen atoms in total. The van der Waals surface area contributed by atoms with Gasteiger partial charge in [0, 0.05) is 0 Å². The van der Waals surface area contributed by atoms with E-state index < -0.39 is 0 Å². The second kappa shape index (κ2) is 4.58. The number of methoxy groups -OCH3 is 1. The lowest BCUT2D eigenvalue weighted by atomic mass is 10.2. The molecule has 10 heavy (non-hydrogen) atoms. The molecule has 2 heteroatoms. The van der Waals surface area contributed by atoms with Crippen LogP contribution >= 0.6 is 0 Å². The Kier molecular flexibility index (Phi) is 4.48. The molecule has 0 bridgehead atoms. The van der Waals surface area contributed by atoms with E-state index in [0.717, 1.165) is 5.75 Å². The van der Waals surface area contributed by atoms with Crippen LogP contribution < -0.4 is 4.74 Å². The SMILES string of the molecule is COc1cccc(C)c1.[MgH2]. The van der Waals surface area contributed by atoms with Crippen LogP contribution in [-0.2, 0) is 0 Å². The number of hydrogen-bond donors (Lipinski definition) is 0. The van der Waals surface area contributed by atoms with E-state index in [2.05, 4.69) is 0 Å². The van der Waals surface area contributed by atoms with Gasteiger partial charge in [0.25, 0.3) is 0 Å². The highest BCUT2D eigenvalue weighted by Gasteiger charge is 1.86. The number of ether oxygens (including phenoxy) is 1. The molecule has 0 aliphatic carbocycles. The Bertz CT molecular complexity index is 198. The van der Waals surface area contributed by atoms with E-state index in [4.69, 9.17) is 4.74 Å². The lowest BCUT2D eigenvalue weighted by Crippen LogP contribution is -1.81. The Morgan fingerprint density at radius 3 is 2.40 bits per heavy atom. The maximum absolute atomic E-state index is 5.00. The molecular weight excluding hydrogens is 136 g/mol. The minimum Gasteiger partial charge on any atom is -0.497 e. The van der Waals surface area contributed by atoms with Crippen LogP contribution in [-0.4, -0.2) is 30.2 Å². The Morgan fingerprint density at radius 2 is 2.00 bits per heavy atom. The van der Waals surface area contributed by atoms with Crippen molar-refractivity contribution < 1.29 is 4.74 Å². The van der Waals surface area contributed by atoms with Crippen LogP contribution in [0.15, 0.2) is 24.3 Å². The van der Waals surface area contributed by atoms with Crippen LogP contribution in [0.25, 0.3) is 0 Å². The number of aryl methyl sites for hydroxylation is 1. The standard InChI is InChI=1S/C8H10O.Mg.2H/c1-7-4-3-5-8(6-7)9-2;;;/h3-6H,1-2H3;;;. The molecule has 1 aromatic rings. The predicted octanol–water partition coefficient (Wildman–Crippen LogP) is 1.09. The Labute approximate surface area is 77.5 Å². The molecule has 1 aromatic carbocycles. The molecule has 0 radical (unpaired) electrons. The summed E-state index contributed by atoms with van der Waals surface area (Å²) in [5, 5.41) is 0. The summed E-state index contributed by atoms with van der Waals surface area (Å²) in [4.78, 5) is 0.